The number of amides is 1. The van der Waals surface area contributed by atoms with Gasteiger partial charge in [-0.15, -0.1) is 0 Å². The molecule has 1 heterocycles. The summed E-state index contributed by atoms with van der Waals surface area (Å²) in [7, 11) is 3.14. The number of thioether (sulfide) groups is 1. The molecular formula is C25H27BrN2O5S. The van der Waals surface area contributed by atoms with E-state index in [0.717, 1.165) is 21.2 Å². The highest BCUT2D eigenvalue weighted by atomic mass is 79.9. The fraction of sp³-hybridized carbons (Fsp3) is 0.280. The highest BCUT2D eigenvalue weighted by Crippen LogP contribution is 2.35. The maximum absolute atomic E-state index is 12.8. The van der Waals surface area contributed by atoms with E-state index in [-0.39, 0.29) is 12.5 Å². The van der Waals surface area contributed by atoms with Crippen molar-refractivity contribution in [1.29, 1.82) is 0 Å². The maximum Gasteiger partial charge on any atom is 0.341 e. The highest BCUT2D eigenvalue weighted by Gasteiger charge is 2.25. The van der Waals surface area contributed by atoms with Crippen LogP contribution in [0.2, 0.25) is 0 Å². The number of halogens is 1. The lowest BCUT2D eigenvalue weighted by Crippen LogP contribution is -2.30. The van der Waals surface area contributed by atoms with Crippen molar-refractivity contribution < 1.29 is 23.8 Å². The first-order valence-electron chi connectivity index (χ1n) is 10.7. The van der Waals surface area contributed by atoms with E-state index in [1.807, 2.05) is 36.4 Å². The molecule has 0 aliphatic heterocycles. The zero-order chi connectivity index (χ0) is 24.7. The molecule has 0 radical (unpaired) electrons. The molecule has 2 N–H and O–H groups in total. The zero-order valence-electron chi connectivity index (χ0n) is 19.4. The minimum Gasteiger partial charge on any atom is -0.493 e. The first-order valence-corrected chi connectivity index (χ1v) is 12.3. The number of aromatic nitrogens is 1. The standard InChI is InChI=1S/C25H27BrN2O5S/c1-5-33-25(30)22-19(17-7-9-18(26)10-8-17)14-28-24(22)34-15(2)23(29)27-13-16-6-11-20(31-3)21(12-16)32-4/h6-12,14-15,28H,5,13H2,1-4H3,(H,27,29)/t15-/m1/s1. The number of aromatic amines is 1. The molecule has 34 heavy (non-hydrogen) atoms. The molecule has 7 nitrogen and oxygen atoms in total. The third-order valence-corrected chi connectivity index (χ3v) is 6.71. The number of esters is 1. The third-order valence-electron chi connectivity index (χ3n) is 5.06. The predicted molar refractivity (Wildman–Crippen MR) is 137 cm³/mol. The number of carbonyl (C=O) groups excluding carboxylic acids is 2. The largest absolute Gasteiger partial charge is 0.493 e. The van der Waals surface area contributed by atoms with Gasteiger partial charge in [-0.25, -0.2) is 4.79 Å². The van der Waals surface area contributed by atoms with E-state index in [1.54, 1.807) is 40.3 Å². The van der Waals surface area contributed by atoms with Crippen LogP contribution in [0.15, 0.2) is 58.2 Å². The molecule has 0 saturated heterocycles. The Morgan fingerprint density at radius 3 is 2.44 bits per heavy atom. The lowest BCUT2D eigenvalue weighted by molar-refractivity contribution is -0.120. The van der Waals surface area contributed by atoms with Gasteiger partial charge in [-0.1, -0.05) is 45.9 Å². The average molecular weight is 547 g/mol. The Morgan fingerprint density at radius 1 is 1.09 bits per heavy atom. The number of H-pyrrole nitrogens is 1. The average Bonchev–Trinajstić information content (AvgIpc) is 3.26. The van der Waals surface area contributed by atoms with E-state index in [1.165, 1.54) is 11.8 Å². The summed E-state index contributed by atoms with van der Waals surface area (Å²) >= 11 is 4.71. The summed E-state index contributed by atoms with van der Waals surface area (Å²) in [6.45, 7) is 4.16. The number of methoxy groups -OCH3 is 2. The molecule has 0 aliphatic rings. The molecule has 0 bridgehead atoms. The van der Waals surface area contributed by atoms with E-state index >= 15 is 0 Å². The summed E-state index contributed by atoms with van der Waals surface area (Å²) < 4.78 is 16.8. The summed E-state index contributed by atoms with van der Waals surface area (Å²) in [5, 5.41) is 3.07. The Balaban J connectivity index is 1.74. The number of ether oxygens (including phenoxy) is 3. The molecule has 0 saturated carbocycles. The van der Waals surface area contributed by atoms with Crippen LogP contribution in [-0.4, -0.2) is 42.9 Å². The van der Waals surface area contributed by atoms with Crippen LogP contribution >= 0.6 is 27.7 Å². The van der Waals surface area contributed by atoms with Gasteiger partial charge in [0.25, 0.3) is 0 Å². The van der Waals surface area contributed by atoms with Crippen LogP contribution in [0.1, 0.15) is 29.8 Å². The molecule has 180 valence electrons. The lowest BCUT2D eigenvalue weighted by Gasteiger charge is -2.14. The minimum absolute atomic E-state index is 0.158. The Kier molecular flexibility index (Phi) is 9.06. The highest BCUT2D eigenvalue weighted by molar-refractivity contribution is 9.10. The van der Waals surface area contributed by atoms with Crippen molar-refractivity contribution in [3.8, 4) is 22.6 Å². The number of hydrogen-bond donors (Lipinski definition) is 2. The van der Waals surface area contributed by atoms with Crippen molar-refractivity contribution in [2.45, 2.75) is 30.7 Å². The minimum atomic E-state index is -0.454. The second-order valence-corrected chi connectivity index (χ2v) is 9.57. The molecular weight excluding hydrogens is 520 g/mol. The van der Waals surface area contributed by atoms with Crippen molar-refractivity contribution in [2.75, 3.05) is 20.8 Å². The molecule has 0 fully saturated rings. The van der Waals surface area contributed by atoms with Crippen molar-refractivity contribution in [2.24, 2.45) is 0 Å². The fourth-order valence-electron chi connectivity index (χ4n) is 3.31. The predicted octanol–water partition coefficient (Wildman–Crippen LogP) is 5.44. The molecule has 0 aliphatic carbocycles. The van der Waals surface area contributed by atoms with Crippen LogP contribution in [0.4, 0.5) is 0 Å². The van der Waals surface area contributed by atoms with Crippen LogP contribution in [-0.2, 0) is 16.1 Å². The van der Waals surface area contributed by atoms with E-state index < -0.39 is 11.2 Å². The Hall–Kier alpha value is -2.91. The molecule has 2 aromatic carbocycles. The van der Waals surface area contributed by atoms with E-state index in [4.69, 9.17) is 14.2 Å². The summed E-state index contributed by atoms with van der Waals surface area (Å²) in [4.78, 5) is 28.7. The summed E-state index contributed by atoms with van der Waals surface area (Å²) in [6, 6.07) is 13.2. The topological polar surface area (TPSA) is 89.7 Å². The third kappa shape index (κ3) is 6.15. The summed E-state index contributed by atoms with van der Waals surface area (Å²) in [5.74, 6) is 0.639. The fourth-order valence-corrected chi connectivity index (χ4v) is 4.56. The quantitative estimate of drug-likeness (QED) is 0.260. The Labute approximate surface area is 211 Å². The van der Waals surface area contributed by atoms with Gasteiger partial charge in [0.15, 0.2) is 11.5 Å². The lowest BCUT2D eigenvalue weighted by atomic mass is 10.1. The van der Waals surface area contributed by atoms with E-state index in [0.29, 0.717) is 28.6 Å². The van der Waals surface area contributed by atoms with Gasteiger partial charge in [0.2, 0.25) is 5.91 Å². The number of benzene rings is 2. The van der Waals surface area contributed by atoms with Gasteiger partial charge in [0, 0.05) is 22.8 Å². The smallest absolute Gasteiger partial charge is 0.341 e. The van der Waals surface area contributed by atoms with Crippen molar-refractivity contribution in [3.05, 3.63) is 64.3 Å². The van der Waals surface area contributed by atoms with E-state index in [2.05, 4.69) is 26.2 Å². The summed E-state index contributed by atoms with van der Waals surface area (Å²) in [6.07, 6.45) is 1.77. The Bertz CT molecular complexity index is 1150. The van der Waals surface area contributed by atoms with Crippen LogP contribution in [0.5, 0.6) is 11.5 Å². The van der Waals surface area contributed by atoms with Gasteiger partial charge in [-0.05, 0) is 49.2 Å². The zero-order valence-corrected chi connectivity index (χ0v) is 21.8. The second-order valence-electron chi connectivity index (χ2n) is 7.30. The number of rotatable bonds is 10. The second kappa shape index (κ2) is 12.0. The summed E-state index contributed by atoms with van der Waals surface area (Å²) in [5.41, 5.74) is 2.91. The van der Waals surface area contributed by atoms with Gasteiger partial charge in [0.05, 0.1) is 36.7 Å². The molecule has 1 aromatic heterocycles. The number of nitrogens with one attached hydrogen (secondary N) is 2. The van der Waals surface area contributed by atoms with Crippen molar-refractivity contribution in [1.82, 2.24) is 10.3 Å². The van der Waals surface area contributed by atoms with Crippen LogP contribution in [0.3, 0.4) is 0 Å². The van der Waals surface area contributed by atoms with Gasteiger partial charge < -0.3 is 24.5 Å². The monoisotopic (exact) mass is 546 g/mol. The molecule has 9 heteroatoms. The normalized spacial score (nSPS) is 11.6. The van der Waals surface area contributed by atoms with Crippen molar-refractivity contribution in [3.63, 3.8) is 0 Å². The Morgan fingerprint density at radius 2 is 1.79 bits per heavy atom. The molecule has 0 spiro atoms. The van der Waals surface area contributed by atoms with Crippen LogP contribution in [0.25, 0.3) is 11.1 Å². The molecule has 1 atom stereocenters. The van der Waals surface area contributed by atoms with Gasteiger partial charge in [-0.3, -0.25) is 4.79 Å². The molecule has 3 aromatic rings. The molecule has 0 unspecified atom stereocenters. The van der Waals surface area contributed by atoms with Gasteiger partial charge in [-0.2, -0.15) is 0 Å². The molecule has 1 amide bonds. The first kappa shape index (κ1) is 25.7. The van der Waals surface area contributed by atoms with E-state index in [9.17, 15) is 9.59 Å². The van der Waals surface area contributed by atoms with Crippen LogP contribution < -0.4 is 14.8 Å². The number of carbonyl (C=O) groups is 2. The van der Waals surface area contributed by atoms with Gasteiger partial charge in [0.1, 0.15) is 0 Å². The maximum atomic E-state index is 12.8. The van der Waals surface area contributed by atoms with Gasteiger partial charge >= 0.3 is 5.97 Å². The van der Waals surface area contributed by atoms with Crippen LogP contribution in [0, 0.1) is 0 Å². The number of hydrogen-bond acceptors (Lipinski definition) is 6. The first-order chi connectivity index (χ1) is 16.4. The SMILES string of the molecule is CCOC(=O)c1c(-c2ccc(Br)cc2)c[nH]c1S[C@H](C)C(=O)NCc1ccc(OC)c(OC)c1. The molecule has 3 rings (SSSR count). The van der Waals surface area contributed by atoms with Crippen molar-refractivity contribution >= 4 is 39.6 Å².